The molecule has 1 heterocycles. The lowest BCUT2D eigenvalue weighted by Gasteiger charge is -2.03. The molecule has 0 atom stereocenters. The van der Waals surface area contributed by atoms with E-state index in [-0.39, 0.29) is 11.3 Å². The van der Waals surface area contributed by atoms with Crippen molar-refractivity contribution >= 4 is 5.78 Å². The van der Waals surface area contributed by atoms with Crippen molar-refractivity contribution in [1.29, 1.82) is 0 Å². The predicted octanol–water partition coefficient (Wildman–Crippen LogP) is 1.29. The van der Waals surface area contributed by atoms with Crippen LogP contribution in [0.2, 0.25) is 0 Å². The summed E-state index contributed by atoms with van der Waals surface area (Å²) >= 11 is 0. The summed E-state index contributed by atoms with van der Waals surface area (Å²) in [5, 5.41) is 0. The first-order chi connectivity index (χ1) is 6.06. The van der Waals surface area contributed by atoms with Gasteiger partial charge < -0.3 is 4.57 Å². The highest BCUT2D eigenvalue weighted by Crippen LogP contribution is 2.02. The van der Waals surface area contributed by atoms with Crippen LogP contribution in [-0.4, -0.2) is 10.4 Å². The number of hydrogen-bond acceptors (Lipinski definition) is 2. The zero-order chi connectivity index (χ0) is 10.0. The second-order valence-electron chi connectivity index (χ2n) is 3.10. The number of aromatic nitrogens is 1. The summed E-state index contributed by atoms with van der Waals surface area (Å²) in [6.45, 7) is 3.53. The molecule has 0 saturated heterocycles. The van der Waals surface area contributed by atoms with E-state index in [4.69, 9.17) is 0 Å². The second-order valence-corrected chi connectivity index (χ2v) is 3.10. The smallest absolute Gasteiger partial charge is 0.253 e. The Morgan fingerprint density at radius 1 is 1.54 bits per heavy atom. The molecule has 0 radical (unpaired) electrons. The average Bonchev–Trinajstić information content (AvgIpc) is 2.12. The van der Waals surface area contributed by atoms with Gasteiger partial charge in [0.25, 0.3) is 5.56 Å². The quantitative estimate of drug-likeness (QED) is 0.641. The van der Waals surface area contributed by atoms with Crippen molar-refractivity contribution in [3.05, 3.63) is 33.7 Å². The van der Waals surface area contributed by atoms with Crippen molar-refractivity contribution in [2.45, 2.75) is 20.3 Å². The van der Waals surface area contributed by atoms with Gasteiger partial charge in [0.1, 0.15) is 0 Å². The van der Waals surface area contributed by atoms with Crippen LogP contribution in [-0.2, 0) is 7.05 Å². The number of pyridine rings is 1. The summed E-state index contributed by atoms with van der Waals surface area (Å²) in [5.74, 6) is 0.0682. The highest BCUT2D eigenvalue weighted by Gasteiger charge is 2.06. The summed E-state index contributed by atoms with van der Waals surface area (Å²) in [5.41, 5.74) is 1.18. The van der Waals surface area contributed by atoms with Crippen molar-refractivity contribution < 1.29 is 4.79 Å². The molecule has 0 unspecified atom stereocenters. The van der Waals surface area contributed by atoms with Crippen molar-refractivity contribution in [3.63, 3.8) is 0 Å². The molecule has 0 N–H and O–H groups in total. The Kier molecular flexibility index (Phi) is 2.66. The molecular weight excluding hydrogens is 166 g/mol. The molecule has 13 heavy (non-hydrogen) atoms. The molecule has 0 saturated carbocycles. The summed E-state index contributed by atoms with van der Waals surface area (Å²) in [4.78, 5) is 22.6. The third kappa shape index (κ3) is 1.86. The average molecular weight is 179 g/mol. The molecule has 0 aliphatic heterocycles. The van der Waals surface area contributed by atoms with Gasteiger partial charge >= 0.3 is 0 Å². The van der Waals surface area contributed by atoms with Gasteiger partial charge in [-0.1, -0.05) is 6.92 Å². The molecule has 1 aromatic heterocycles. The molecule has 0 spiro atoms. The maximum Gasteiger partial charge on any atom is 0.253 e. The Labute approximate surface area is 77.0 Å². The van der Waals surface area contributed by atoms with Gasteiger partial charge in [0.2, 0.25) is 0 Å². The molecule has 0 amide bonds. The van der Waals surface area contributed by atoms with Gasteiger partial charge in [0.15, 0.2) is 5.78 Å². The first-order valence-electron chi connectivity index (χ1n) is 4.26. The largest absolute Gasteiger partial charge is 0.318 e. The maximum atomic E-state index is 11.3. The molecule has 3 nitrogen and oxygen atoms in total. The highest BCUT2D eigenvalue weighted by atomic mass is 16.1. The molecular formula is C10H13NO2. The number of aryl methyl sites for hydroxylation is 2. The van der Waals surface area contributed by atoms with E-state index in [1.54, 1.807) is 26.2 Å². The second kappa shape index (κ2) is 3.56. The SMILES string of the molecule is CCC(=O)c1cc(C)c(=O)n(C)c1. The van der Waals surface area contributed by atoms with Gasteiger partial charge in [0.05, 0.1) is 0 Å². The Morgan fingerprint density at radius 3 is 2.62 bits per heavy atom. The van der Waals surface area contributed by atoms with Crippen molar-refractivity contribution in [2.24, 2.45) is 7.05 Å². The summed E-state index contributed by atoms with van der Waals surface area (Å²) in [7, 11) is 1.65. The van der Waals surface area contributed by atoms with E-state index in [0.29, 0.717) is 17.5 Å². The Morgan fingerprint density at radius 2 is 2.15 bits per heavy atom. The fourth-order valence-electron chi connectivity index (χ4n) is 1.23. The first kappa shape index (κ1) is 9.71. The molecule has 0 fully saturated rings. The maximum absolute atomic E-state index is 11.3. The van der Waals surface area contributed by atoms with Crippen LogP contribution < -0.4 is 5.56 Å². The summed E-state index contributed by atoms with van der Waals surface area (Å²) in [6.07, 6.45) is 2.05. The number of hydrogen-bond donors (Lipinski definition) is 0. The van der Waals surface area contributed by atoms with Crippen LogP contribution in [0.25, 0.3) is 0 Å². The van der Waals surface area contributed by atoms with E-state index < -0.39 is 0 Å². The molecule has 3 heteroatoms. The number of rotatable bonds is 2. The van der Waals surface area contributed by atoms with E-state index in [1.807, 2.05) is 6.92 Å². The van der Waals surface area contributed by atoms with Crippen molar-refractivity contribution in [3.8, 4) is 0 Å². The van der Waals surface area contributed by atoms with Crippen LogP contribution in [0.1, 0.15) is 29.3 Å². The van der Waals surface area contributed by atoms with Crippen LogP contribution in [0.3, 0.4) is 0 Å². The normalized spacial score (nSPS) is 10.1. The van der Waals surface area contributed by atoms with Crippen LogP contribution >= 0.6 is 0 Å². The number of nitrogens with zero attached hydrogens (tertiary/aromatic N) is 1. The van der Waals surface area contributed by atoms with Crippen molar-refractivity contribution in [1.82, 2.24) is 4.57 Å². The van der Waals surface area contributed by atoms with Crippen LogP contribution in [0, 0.1) is 6.92 Å². The van der Waals surface area contributed by atoms with Crippen LogP contribution in [0.15, 0.2) is 17.1 Å². The first-order valence-corrected chi connectivity index (χ1v) is 4.26. The van der Waals surface area contributed by atoms with E-state index in [9.17, 15) is 9.59 Å². The fourth-order valence-corrected chi connectivity index (χ4v) is 1.23. The summed E-state index contributed by atoms with van der Waals surface area (Å²) in [6, 6.07) is 1.65. The van der Waals surface area contributed by atoms with Crippen LogP contribution in [0.4, 0.5) is 0 Å². The summed E-state index contributed by atoms with van der Waals surface area (Å²) < 4.78 is 1.44. The van der Waals surface area contributed by atoms with E-state index in [0.717, 1.165) is 0 Å². The Hall–Kier alpha value is -1.38. The number of carbonyl (C=O) groups is 1. The zero-order valence-electron chi connectivity index (χ0n) is 8.13. The number of ketones is 1. The van der Waals surface area contributed by atoms with E-state index in [2.05, 4.69) is 0 Å². The highest BCUT2D eigenvalue weighted by molar-refractivity contribution is 5.95. The van der Waals surface area contributed by atoms with Gasteiger partial charge in [-0.05, 0) is 13.0 Å². The minimum absolute atomic E-state index is 0.0485. The van der Waals surface area contributed by atoms with Crippen LogP contribution in [0.5, 0.6) is 0 Å². The standard InChI is InChI=1S/C10H13NO2/c1-4-9(12)8-5-7(2)10(13)11(3)6-8/h5-6H,4H2,1-3H3. The lowest BCUT2D eigenvalue weighted by molar-refractivity contribution is 0.0987. The van der Waals surface area contributed by atoms with Gasteiger partial charge in [-0.15, -0.1) is 0 Å². The van der Waals surface area contributed by atoms with E-state index in [1.165, 1.54) is 4.57 Å². The molecule has 0 aromatic carbocycles. The zero-order valence-corrected chi connectivity index (χ0v) is 8.13. The molecule has 0 bridgehead atoms. The molecule has 70 valence electrons. The molecule has 0 aliphatic carbocycles. The Balaban J connectivity index is 3.29. The third-order valence-corrected chi connectivity index (χ3v) is 2.01. The lowest BCUT2D eigenvalue weighted by Crippen LogP contribution is -2.20. The van der Waals surface area contributed by atoms with Gasteiger partial charge in [-0.3, -0.25) is 9.59 Å². The van der Waals surface area contributed by atoms with Gasteiger partial charge in [-0.25, -0.2) is 0 Å². The van der Waals surface area contributed by atoms with Gasteiger partial charge in [0, 0.05) is 30.8 Å². The fraction of sp³-hybridized carbons (Fsp3) is 0.400. The molecule has 1 aromatic rings. The third-order valence-electron chi connectivity index (χ3n) is 2.01. The lowest BCUT2D eigenvalue weighted by atomic mass is 10.1. The predicted molar refractivity (Wildman–Crippen MR) is 51.0 cm³/mol. The van der Waals surface area contributed by atoms with Gasteiger partial charge in [-0.2, -0.15) is 0 Å². The topological polar surface area (TPSA) is 39.1 Å². The molecule has 0 aliphatic rings. The minimum atomic E-state index is -0.0485. The molecule has 1 rings (SSSR count). The minimum Gasteiger partial charge on any atom is -0.318 e. The number of carbonyl (C=O) groups excluding carboxylic acids is 1. The van der Waals surface area contributed by atoms with Crippen molar-refractivity contribution in [2.75, 3.05) is 0 Å². The number of Topliss-reactive ketones (excluding diaryl/α,β-unsaturated/α-hetero) is 1. The Bertz CT molecular complexity index is 364. The monoisotopic (exact) mass is 179 g/mol. The van der Waals surface area contributed by atoms with E-state index >= 15 is 0 Å².